The van der Waals surface area contributed by atoms with Crippen LogP contribution in [0.4, 0.5) is 0 Å². The number of nitrogens with one attached hydrogen (secondary N) is 1. The summed E-state index contributed by atoms with van der Waals surface area (Å²) in [7, 11) is -2.42. The van der Waals surface area contributed by atoms with Gasteiger partial charge in [-0.2, -0.15) is 17.4 Å². The minimum atomic E-state index is -3.68. The standard InChI is InChI=1S/C15H22N2O4S/c1-21-15(18)14(12-13-8-4-2-5-9-13)16-22(19,20)17-10-6-3-7-11-17/h2,4-5,8-9,14,16H,3,6-7,10-12H2,1H3. The Morgan fingerprint density at radius 2 is 1.86 bits per heavy atom. The summed E-state index contributed by atoms with van der Waals surface area (Å²) >= 11 is 0. The molecule has 22 heavy (non-hydrogen) atoms. The first-order valence-corrected chi connectivity index (χ1v) is 8.86. The van der Waals surface area contributed by atoms with E-state index in [4.69, 9.17) is 4.74 Å². The van der Waals surface area contributed by atoms with Crippen LogP contribution < -0.4 is 4.72 Å². The van der Waals surface area contributed by atoms with Crippen molar-refractivity contribution in [3.05, 3.63) is 35.9 Å². The number of ether oxygens (including phenoxy) is 1. The monoisotopic (exact) mass is 326 g/mol. The molecule has 1 fully saturated rings. The highest BCUT2D eigenvalue weighted by molar-refractivity contribution is 7.87. The molecule has 7 heteroatoms. The van der Waals surface area contributed by atoms with Crippen molar-refractivity contribution >= 4 is 16.2 Å². The van der Waals surface area contributed by atoms with Crippen molar-refractivity contribution < 1.29 is 17.9 Å². The van der Waals surface area contributed by atoms with Gasteiger partial charge < -0.3 is 4.74 Å². The van der Waals surface area contributed by atoms with Crippen molar-refractivity contribution in [3.63, 3.8) is 0 Å². The molecule has 0 aromatic heterocycles. The number of benzene rings is 1. The SMILES string of the molecule is COC(=O)C(Cc1ccccc1)NS(=O)(=O)N1CCCCC1. The first kappa shape index (κ1) is 16.9. The topological polar surface area (TPSA) is 75.7 Å². The summed E-state index contributed by atoms with van der Waals surface area (Å²) in [6.07, 6.45) is 3.00. The van der Waals surface area contributed by atoms with Gasteiger partial charge in [0.2, 0.25) is 0 Å². The van der Waals surface area contributed by atoms with Crippen molar-refractivity contribution in [3.8, 4) is 0 Å². The predicted octanol–water partition coefficient (Wildman–Crippen LogP) is 1.09. The van der Waals surface area contributed by atoms with Gasteiger partial charge in [-0.05, 0) is 24.8 Å². The molecule has 1 saturated heterocycles. The second kappa shape index (κ2) is 7.71. The number of hydrogen-bond acceptors (Lipinski definition) is 4. The summed E-state index contributed by atoms with van der Waals surface area (Å²) < 4.78 is 33.4. The third kappa shape index (κ3) is 4.53. The van der Waals surface area contributed by atoms with Crippen molar-refractivity contribution in [2.24, 2.45) is 0 Å². The zero-order valence-corrected chi connectivity index (χ0v) is 13.5. The molecule has 1 aliphatic heterocycles. The van der Waals surface area contributed by atoms with E-state index in [-0.39, 0.29) is 6.42 Å². The third-order valence-electron chi connectivity index (χ3n) is 3.71. The summed E-state index contributed by atoms with van der Waals surface area (Å²) in [6.45, 7) is 0.989. The molecule has 0 amide bonds. The molecule has 1 unspecified atom stereocenters. The van der Waals surface area contributed by atoms with E-state index in [2.05, 4.69) is 4.72 Å². The summed E-state index contributed by atoms with van der Waals surface area (Å²) in [5, 5.41) is 0. The number of carbonyl (C=O) groups is 1. The Labute approximate surface area is 131 Å². The van der Waals surface area contributed by atoms with E-state index in [1.165, 1.54) is 11.4 Å². The maximum absolute atomic E-state index is 12.4. The molecule has 1 atom stereocenters. The largest absolute Gasteiger partial charge is 0.468 e. The first-order valence-electron chi connectivity index (χ1n) is 7.42. The molecule has 0 radical (unpaired) electrons. The van der Waals surface area contributed by atoms with E-state index in [1.54, 1.807) is 0 Å². The molecule has 1 N–H and O–H groups in total. The summed E-state index contributed by atoms with van der Waals surface area (Å²) in [5.41, 5.74) is 0.874. The molecule has 1 aromatic rings. The van der Waals surface area contributed by atoms with Gasteiger partial charge in [-0.1, -0.05) is 36.8 Å². The molecule has 0 bridgehead atoms. The van der Waals surface area contributed by atoms with Crippen LogP contribution in [-0.2, 0) is 26.2 Å². The normalized spacial score (nSPS) is 17.9. The minimum Gasteiger partial charge on any atom is -0.468 e. The average molecular weight is 326 g/mol. The Balaban J connectivity index is 2.10. The molecule has 0 spiro atoms. The smallest absolute Gasteiger partial charge is 0.324 e. The quantitative estimate of drug-likeness (QED) is 0.794. The predicted molar refractivity (Wildman–Crippen MR) is 83.4 cm³/mol. The summed E-state index contributed by atoms with van der Waals surface area (Å²) in [6, 6.07) is 8.36. The van der Waals surface area contributed by atoms with Gasteiger partial charge in [-0.15, -0.1) is 0 Å². The van der Waals surface area contributed by atoms with Crippen LogP contribution in [-0.4, -0.2) is 44.9 Å². The van der Waals surface area contributed by atoms with Crippen LogP contribution in [0.3, 0.4) is 0 Å². The summed E-state index contributed by atoms with van der Waals surface area (Å²) in [5.74, 6) is -0.579. The second-order valence-corrected chi connectivity index (χ2v) is 7.05. The van der Waals surface area contributed by atoms with Gasteiger partial charge in [-0.25, -0.2) is 0 Å². The Hall–Kier alpha value is -1.44. The van der Waals surface area contributed by atoms with Crippen LogP contribution in [0.5, 0.6) is 0 Å². The Bertz CT molecular complexity index is 583. The Kier molecular flexibility index (Phi) is 5.93. The van der Waals surface area contributed by atoms with Gasteiger partial charge >= 0.3 is 5.97 Å². The van der Waals surface area contributed by atoms with Crippen LogP contribution in [0, 0.1) is 0 Å². The molecule has 122 valence electrons. The lowest BCUT2D eigenvalue weighted by molar-refractivity contribution is -0.142. The fourth-order valence-corrected chi connectivity index (χ4v) is 3.95. The van der Waals surface area contributed by atoms with E-state index in [9.17, 15) is 13.2 Å². The van der Waals surface area contributed by atoms with Crippen LogP contribution >= 0.6 is 0 Å². The highest BCUT2D eigenvalue weighted by Crippen LogP contribution is 2.13. The fourth-order valence-electron chi connectivity index (χ4n) is 2.52. The average Bonchev–Trinajstić information content (AvgIpc) is 2.55. The molecule has 1 aliphatic rings. The van der Waals surface area contributed by atoms with Gasteiger partial charge in [0.1, 0.15) is 6.04 Å². The number of carbonyl (C=O) groups excluding carboxylic acids is 1. The highest BCUT2D eigenvalue weighted by Gasteiger charge is 2.30. The summed E-state index contributed by atoms with van der Waals surface area (Å²) in [4.78, 5) is 11.9. The maximum atomic E-state index is 12.4. The van der Waals surface area contributed by atoms with Gasteiger partial charge in [0, 0.05) is 13.1 Å². The number of hydrogen-bond donors (Lipinski definition) is 1. The molecule has 0 aliphatic carbocycles. The van der Waals surface area contributed by atoms with Gasteiger partial charge in [0.25, 0.3) is 10.2 Å². The minimum absolute atomic E-state index is 0.264. The molecule has 1 heterocycles. The zero-order valence-electron chi connectivity index (χ0n) is 12.7. The van der Waals surface area contributed by atoms with Gasteiger partial charge in [0.05, 0.1) is 7.11 Å². The van der Waals surface area contributed by atoms with Crippen LogP contribution in [0.25, 0.3) is 0 Å². The molecule has 0 saturated carbocycles. The van der Waals surface area contributed by atoms with Crippen molar-refractivity contribution in [2.75, 3.05) is 20.2 Å². The lowest BCUT2D eigenvalue weighted by atomic mass is 10.1. The number of rotatable bonds is 6. The zero-order chi connectivity index (χ0) is 16.0. The van der Waals surface area contributed by atoms with E-state index >= 15 is 0 Å². The lowest BCUT2D eigenvalue weighted by Gasteiger charge is -2.27. The second-order valence-electron chi connectivity index (χ2n) is 5.35. The maximum Gasteiger partial charge on any atom is 0.324 e. The molecular weight excluding hydrogens is 304 g/mol. The van der Waals surface area contributed by atoms with E-state index in [0.29, 0.717) is 13.1 Å². The van der Waals surface area contributed by atoms with Gasteiger partial charge in [-0.3, -0.25) is 4.79 Å². The molecule has 6 nitrogen and oxygen atoms in total. The van der Waals surface area contributed by atoms with Crippen LogP contribution in [0.1, 0.15) is 24.8 Å². The Morgan fingerprint density at radius 3 is 2.45 bits per heavy atom. The van der Waals surface area contributed by atoms with Crippen molar-refractivity contribution in [1.29, 1.82) is 0 Å². The number of nitrogens with zero attached hydrogens (tertiary/aromatic N) is 1. The Morgan fingerprint density at radius 1 is 1.23 bits per heavy atom. The molecular formula is C15H22N2O4S. The first-order chi connectivity index (χ1) is 10.5. The third-order valence-corrected chi connectivity index (χ3v) is 5.34. The number of methoxy groups -OCH3 is 1. The number of piperidine rings is 1. The van der Waals surface area contributed by atoms with Crippen LogP contribution in [0.2, 0.25) is 0 Å². The van der Waals surface area contributed by atoms with E-state index in [1.807, 2.05) is 30.3 Å². The molecule has 2 rings (SSSR count). The lowest BCUT2D eigenvalue weighted by Crippen LogP contribution is -2.50. The highest BCUT2D eigenvalue weighted by atomic mass is 32.2. The van der Waals surface area contributed by atoms with E-state index < -0.39 is 22.2 Å². The van der Waals surface area contributed by atoms with Gasteiger partial charge in [0.15, 0.2) is 0 Å². The fraction of sp³-hybridized carbons (Fsp3) is 0.533. The van der Waals surface area contributed by atoms with Crippen molar-refractivity contribution in [2.45, 2.75) is 31.7 Å². The number of esters is 1. The molecule has 1 aromatic carbocycles. The van der Waals surface area contributed by atoms with Crippen molar-refractivity contribution in [1.82, 2.24) is 9.03 Å². The van der Waals surface area contributed by atoms with Crippen LogP contribution in [0.15, 0.2) is 30.3 Å². The van der Waals surface area contributed by atoms with E-state index in [0.717, 1.165) is 24.8 Å².